The van der Waals surface area contributed by atoms with Crippen molar-refractivity contribution in [1.29, 1.82) is 0 Å². The van der Waals surface area contributed by atoms with Crippen molar-refractivity contribution in [3.05, 3.63) is 35.9 Å². The van der Waals surface area contributed by atoms with Gasteiger partial charge < -0.3 is 5.73 Å². The van der Waals surface area contributed by atoms with Crippen LogP contribution in [-0.4, -0.2) is 24.0 Å². The zero-order valence-electron chi connectivity index (χ0n) is 9.68. The molecule has 0 radical (unpaired) electrons. The van der Waals surface area contributed by atoms with Gasteiger partial charge in [-0.1, -0.05) is 30.3 Å². The number of piperidine rings is 1. The van der Waals surface area contributed by atoms with Crippen LogP contribution < -0.4 is 5.73 Å². The van der Waals surface area contributed by atoms with E-state index in [0.717, 1.165) is 31.0 Å². The molecule has 2 bridgehead atoms. The lowest BCUT2D eigenvalue weighted by molar-refractivity contribution is 0.198. The fourth-order valence-corrected chi connectivity index (χ4v) is 3.59. The quantitative estimate of drug-likeness (QED) is 0.835. The summed E-state index contributed by atoms with van der Waals surface area (Å²) in [7, 11) is 0. The fourth-order valence-electron chi connectivity index (χ4n) is 3.59. The minimum atomic E-state index is 0.759. The Morgan fingerprint density at radius 3 is 2.69 bits per heavy atom. The molecule has 1 aliphatic heterocycles. The highest BCUT2D eigenvalue weighted by atomic mass is 15.2. The molecule has 0 aromatic heterocycles. The van der Waals surface area contributed by atoms with E-state index in [1.54, 1.807) is 0 Å². The van der Waals surface area contributed by atoms with E-state index < -0.39 is 0 Å². The van der Waals surface area contributed by atoms with Crippen molar-refractivity contribution >= 4 is 0 Å². The molecular formula is C14H20N2. The van der Waals surface area contributed by atoms with Gasteiger partial charge in [-0.25, -0.2) is 0 Å². The van der Waals surface area contributed by atoms with E-state index in [-0.39, 0.29) is 0 Å². The number of nitrogens with two attached hydrogens (primary N) is 1. The fraction of sp³-hybridized carbons (Fsp3) is 0.571. The van der Waals surface area contributed by atoms with Crippen LogP contribution in [0, 0.1) is 11.8 Å². The van der Waals surface area contributed by atoms with E-state index in [0.29, 0.717) is 0 Å². The topological polar surface area (TPSA) is 29.3 Å². The lowest BCUT2D eigenvalue weighted by Gasteiger charge is -2.27. The molecule has 16 heavy (non-hydrogen) atoms. The maximum absolute atomic E-state index is 5.88. The summed E-state index contributed by atoms with van der Waals surface area (Å²) >= 11 is 0. The van der Waals surface area contributed by atoms with Crippen molar-refractivity contribution in [2.75, 3.05) is 13.1 Å². The van der Waals surface area contributed by atoms with E-state index in [4.69, 9.17) is 5.73 Å². The summed E-state index contributed by atoms with van der Waals surface area (Å²) in [5.74, 6) is 1.64. The van der Waals surface area contributed by atoms with Crippen LogP contribution in [0.4, 0.5) is 0 Å². The molecule has 0 unspecified atom stereocenters. The second-order valence-corrected chi connectivity index (χ2v) is 5.22. The standard InChI is InChI=1S/C14H20N2/c15-8-13-12-6-7-14(13)16(10-12)9-11-4-2-1-3-5-11/h1-5,12-14H,6-10,15H2/t12-,13-,14+/m0/s1. The Balaban J connectivity index is 1.70. The van der Waals surface area contributed by atoms with Crippen LogP contribution in [0.3, 0.4) is 0 Å². The monoisotopic (exact) mass is 216 g/mol. The maximum Gasteiger partial charge on any atom is 0.0236 e. The molecule has 2 N–H and O–H groups in total. The molecule has 1 aromatic rings. The zero-order chi connectivity index (χ0) is 11.0. The summed E-state index contributed by atoms with van der Waals surface area (Å²) in [5, 5.41) is 0. The average molecular weight is 216 g/mol. The van der Waals surface area contributed by atoms with Crippen molar-refractivity contribution in [2.24, 2.45) is 17.6 Å². The number of nitrogens with zero attached hydrogens (tertiary/aromatic N) is 1. The van der Waals surface area contributed by atoms with Crippen LogP contribution >= 0.6 is 0 Å². The highest BCUT2D eigenvalue weighted by Gasteiger charge is 2.45. The van der Waals surface area contributed by atoms with Crippen LogP contribution in [0.15, 0.2) is 30.3 Å². The molecule has 2 fully saturated rings. The van der Waals surface area contributed by atoms with Gasteiger partial charge in [-0.3, -0.25) is 4.90 Å². The summed E-state index contributed by atoms with van der Waals surface area (Å²) in [5.41, 5.74) is 7.32. The highest BCUT2D eigenvalue weighted by Crippen LogP contribution is 2.42. The molecular weight excluding hydrogens is 196 g/mol. The highest BCUT2D eigenvalue weighted by molar-refractivity contribution is 5.15. The summed E-state index contributed by atoms with van der Waals surface area (Å²) < 4.78 is 0. The Morgan fingerprint density at radius 2 is 2.00 bits per heavy atom. The van der Waals surface area contributed by atoms with Gasteiger partial charge in [-0.05, 0) is 36.8 Å². The van der Waals surface area contributed by atoms with Crippen LogP contribution in [0.1, 0.15) is 18.4 Å². The van der Waals surface area contributed by atoms with Crippen molar-refractivity contribution in [3.63, 3.8) is 0 Å². The zero-order valence-corrected chi connectivity index (χ0v) is 9.68. The Kier molecular flexibility index (Phi) is 2.70. The van der Waals surface area contributed by atoms with Gasteiger partial charge in [-0.2, -0.15) is 0 Å². The van der Waals surface area contributed by atoms with Gasteiger partial charge in [-0.15, -0.1) is 0 Å². The van der Waals surface area contributed by atoms with E-state index in [1.807, 2.05) is 0 Å². The Hall–Kier alpha value is -0.860. The van der Waals surface area contributed by atoms with Crippen LogP contribution in [0.25, 0.3) is 0 Å². The van der Waals surface area contributed by atoms with Crippen LogP contribution in [-0.2, 0) is 6.54 Å². The van der Waals surface area contributed by atoms with Gasteiger partial charge in [0, 0.05) is 19.1 Å². The maximum atomic E-state index is 5.88. The number of hydrogen-bond acceptors (Lipinski definition) is 2. The van der Waals surface area contributed by atoms with Gasteiger partial charge in [0.05, 0.1) is 0 Å². The van der Waals surface area contributed by atoms with Crippen LogP contribution in [0.2, 0.25) is 0 Å². The molecule has 3 atom stereocenters. The molecule has 0 spiro atoms. The van der Waals surface area contributed by atoms with Gasteiger partial charge in [0.2, 0.25) is 0 Å². The largest absolute Gasteiger partial charge is 0.330 e. The number of hydrogen-bond donors (Lipinski definition) is 1. The second-order valence-electron chi connectivity index (χ2n) is 5.22. The smallest absolute Gasteiger partial charge is 0.0236 e. The summed E-state index contributed by atoms with van der Waals surface area (Å²) in [4.78, 5) is 2.64. The molecule has 1 saturated carbocycles. The summed E-state index contributed by atoms with van der Waals surface area (Å²) in [6.45, 7) is 3.25. The first kappa shape index (κ1) is 10.3. The minimum Gasteiger partial charge on any atom is -0.330 e. The van der Waals surface area contributed by atoms with E-state index >= 15 is 0 Å². The first-order valence-electron chi connectivity index (χ1n) is 6.36. The first-order valence-corrected chi connectivity index (χ1v) is 6.36. The third-order valence-electron chi connectivity index (χ3n) is 4.37. The molecule has 2 heteroatoms. The molecule has 86 valence electrons. The number of likely N-dealkylation sites (tertiary alicyclic amines) is 1. The normalized spacial score (nSPS) is 33.4. The van der Waals surface area contributed by atoms with E-state index in [1.165, 1.54) is 24.9 Å². The third kappa shape index (κ3) is 1.66. The van der Waals surface area contributed by atoms with Crippen molar-refractivity contribution in [1.82, 2.24) is 4.90 Å². The molecule has 2 aliphatic rings. The molecule has 0 amide bonds. The number of fused-ring (bicyclic) bond motifs is 2. The second kappa shape index (κ2) is 4.19. The molecule has 1 saturated heterocycles. The van der Waals surface area contributed by atoms with Gasteiger partial charge in [0.25, 0.3) is 0 Å². The van der Waals surface area contributed by atoms with Gasteiger partial charge in [0.1, 0.15) is 0 Å². The van der Waals surface area contributed by atoms with Gasteiger partial charge >= 0.3 is 0 Å². The molecule has 1 heterocycles. The molecule has 3 rings (SSSR count). The van der Waals surface area contributed by atoms with Crippen molar-refractivity contribution in [3.8, 4) is 0 Å². The summed E-state index contributed by atoms with van der Waals surface area (Å²) in [6.07, 6.45) is 2.76. The van der Waals surface area contributed by atoms with Gasteiger partial charge in [0.15, 0.2) is 0 Å². The Bertz CT molecular complexity index is 349. The van der Waals surface area contributed by atoms with E-state index in [2.05, 4.69) is 35.2 Å². The SMILES string of the molecule is NC[C@H]1[C@H]2CC[C@H]1N(Cc1ccccc1)C2. The predicted molar refractivity (Wildman–Crippen MR) is 65.9 cm³/mol. The minimum absolute atomic E-state index is 0.759. The Labute approximate surface area is 97.4 Å². The lowest BCUT2D eigenvalue weighted by Crippen LogP contribution is -2.34. The Morgan fingerprint density at radius 1 is 1.19 bits per heavy atom. The van der Waals surface area contributed by atoms with Crippen LogP contribution in [0.5, 0.6) is 0 Å². The third-order valence-corrected chi connectivity index (χ3v) is 4.37. The first-order chi connectivity index (χ1) is 7.88. The lowest BCUT2D eigenvalue weighted by atomic mass is 9.99. The predicted octanol–water partition coefficient (Wildman–Crippen LogP) is 1.86. The molecule has 1 aromatic carbocycles. The summed E-state index contributed by atoms with van der Waals surface area (Å²) in [6, 6.07) is 11.6. The number of rotatable bonds is 3. The number of benzene rings is 1. The molecule has 2 nitrogen and oxygen atoms in total. The van der Waals surface area contributed by atoms with Crippen molar-refractivity contribution in [2.45, 2.75) is 25.4 Å². The van der Waals surface area contributed by atoms with Crippen molar-refractivity contribution < 1.29 is 0 Å². The average Bonchev–Trinajstić information content (AvgIpc) is 2.86. The van der Waals surface area contributed by atoms with E-state index in [9.17, 15) is 0 Å². The molecule has 1 aliphatic carbocycles.